The fourth-order valence-corrected chi connectivity index (χ4v) is 3.85. The van der Waals surface area contributed by atoms with E-state index in [1.807, 2.05) is 18.2 Å². The molecule has 1 heterocycles. The Morgan fingerprint density at radius 2 is 1.63 bits per heavy atom. The van der Waals surface area contributed by atoms with Crippen LogP contribution in [0.2, 0.25) is 0 Å². The summed E-state index contributed by atoms with van der Waals surface area (Å²) in [6, 6.07) is 12.7. The Morgan fingerprint density at radius 3 is 2.14 bits per heavy atom. The zero-order valence-electron chi connectivity index (χ0n) is 19.3. The molecule has 12 heteroatoms. The van der Waals surface area contributed by atoms with Gasteiger partial charge in [0, 0.05) is 24.9 Å². The third-order valence-corrected chi connectivity index (χ3v) is 5.59. The summed E-state index contributed by atoms with van der Waals surface area (Å²) in [7, 11) is 0. The van der Waals surface area contributed by atoms with Crippen LogP contribution in [0.3, 0.4) is 0 Å². The number of likely N-dealkylation sites (tertiary alicyclic amines) is 1. The van der Waals surface area contributed by atoms with E-state index < -0.39 is 5.97 Å². The number of carboxylic acids is 1. The number of nitrogens with two attached hydrogens (primary N) is 1. The van der Waals surface area contributed by atoms with Gasteiger partial charge in [-0.15, -0.1) is 24.8 Å². The van der Waals surface area contributed by atoms with Gasteiger partial charge in [0.15, 0.2) is 0 Å². The molecular weight excluding hydrogens is 497 g/mol. The van der Waals surface area contributed by atoms with Gasteiger partial charge in [-0.2, -0.15) is 0 Å². The molecule has 0 amide bonds. The van der Waals surface area contributed by atoms with E-state index >= 15 is 0 Å². The summed E-state index contributed by atoms with van der Waals surface area (Å²) in [5, 5.41) is 27.7. The molecular formula is C23H37Cl2N5O5. The van der Waals surface area contributed by atoms with Crippen LogP contribution >= 0.6 is 24.8 Å². The molecule has 0 aliphatic carbocycles. The van der Waals surface area contributed by atoms with Gasteiger partial charge in [0.25, 0.3) is 0 Å². The Balaban J connectivity index is -0.00000205. The second kappa shape index (κ2) is 17.8. The maximum absolute atomic E-state index is 11.6. The molecule has 1 aliphatic heterocycles. The van der Waals surface area contributed by atoms with Crippen LogP contribution in [0.25, 0.3) is 11.1 Å². The molecule has 35 heavy (non-hydrogen) atoms. The molecule has 0 spiro atoms. The number of amidine groups is 1. The largest absolute Gasteiger partial charge is 0.478 e. The smallest absolute Gasteiger partial charge is 0.335 e. The summed E-state index contributed by atoms with van der Waals surface area (Å²) in [5.74, 6) is -0.334. The quantitative estimate of drug-likeness (QED) is 0.235. The normalized spacial score (nSPS) is 12.9. The lowest BCUT2D eigenvalue weighted by Crippen LogP contribution is -2.37. The number of halogens is 2. The van der Waals surface area contributed by atoms with Gasteiger partial charge >= 0.3 is 5.97 Å². The minimum absolute atomic E-state index is 0. The second-order valence-corrected chi connectivity index (χ2v) is 7.79. The molecule has 1 fully saturated rings. The first kappa shape index (κ1) is 37.0. The standard InChI is InChI=1S/C23H29N5O2.2ClH.3H2O/c24-7-10-28-8-5-16(6-9-28)14-27-15-17-11-20(13-21(12-17)23(29)30)18-1-3-19(4-2-18)22(25)26;;;;;/h1-4,7,11-13,16,24,27H,5-6,8-10,14-15H2,(H3,25,26)(H,29,30);2*1H;3*1H2. The molecule has 2 aromatic carbocycles. The fraction of sp³-hybridized carbons (Fsp3) is 0.348. The molecule has 1 saturated heterocycles. The molecule has 3 rings (SSSR count). The van der Waals surface area contributed by atoms with Crippen molar-refractivity contribution < 1.29 is 26.3 Å². The Bertz CT molecular complexity index is 923. The van der Waals surface area contributed by atoms with Crippen LogP contribution in [0.5, 0.6) is 0 Å². The maximum atomic E-state index is 11.6. The van der Waals surface area contributed by atoms with E-state index in [2.05, 4.69) is 10.2 Å². The number of benzene rings is 2. The van der Waals surface area contributed by atoms with E-state index in [1.54, 1.807) is 24.3 Å². The third-order valence-electron chi connectivity index (χ3n) is 5.59. The van der Waals surface area contributed by atoms with Crippen molar-refractivity contribution in [2.75, 3.05) is 26.2 Å². The molecule has 1 aliphatic rings. The maximum Gasteiger partial charge on any atom is 0.335 e. The number of rotatable bonds is 9. The first-order valence-electron chi connectivity index (χ1n) is 10.2. The molecule has 0 atom stereocenters. The highest BCUT2D eigenvalue weighted by atomic mass is 35.5. The van der Waals surface area contributed by atoms with Crippen LogP contribution in [-0.2, 0) is 6.54 Å². The van der Waals surface area contributed by atoms with E-state index in [0.717, 1.165) is 55.7 Å². The van der Waals surface area contributed by atoms with E-state index in [9.17, 15) is 9.90 Å². The van der Waals surface area contributed by atoms with E-state index in [0.29, 0.717) is 18.0 Å². The average molecular weight is 534 g/mol. The summed E-state index contributed by atoms with van der Waals surface area (Å²) in [5.41, 5.74) is 9.08. The molecule has 0 saturated carbocycles. The van der Waals surface area contributed by atoms with Crippen LogP contribution in [0.15, 0.2) is 42.5 Å². The lowest BCUT2D eigenvalue weighted by Gasteiger charge is -2.31. The van der Waals surface area contributed by atoms with Gasteiger partial charge in [0.05, 0.1) is 5.56 Å². The van der Waals surface area contributed by atoms with Gasteiger partial charge in [-0.3, -0.25) is 10.3 Å². The van der Waals surface area contributed by atoms with Gasteiger partial charge < -0.3 is 38.0 Å². The summed E-state index contributed by atoms with van der Waals surface area (Å²) >= 11 is 0. The highest BCUT2D eigenvalue weighted by Crippen LogP contribution is 2.24. The highest BCUT2D eigenvalue weighted by molar-refractivity contribution is 5.95. The van der Waals surface area contributed by atoms with Crippen molar-refractivity contribution in [3.05, 3.63) is 59.2 Å². The lowest BCUT2D eigenvalue weighted by atomic mass is 9.96. The predicted molar refractivity (Wildman–Crippen MR) is 145 cm³/mol. The van der Waals surface area contributed by atoms with Crippen LogP contribution in [0.1, 0.15) is 34.3 Å². The molecule has 0 radical (unpaired) electrons. The number of piperidine rings is 1. The molecule has 0 bridgehead atoms. The van der Waals surface area contributed by atoms with E-state index in [1.165, 1.54) is 6.21 Å². The molecule has 12 N–H and O–H groups in total. The summed E-state index contributed by atoms with van der Waals surface area (Å²) in [6.07, 6.45) is 3.69. The second-order valence-electron chi connectivity index (χ2n) is 7.79. The minimum atomic E-state index is -0.947. The predicted octanol–water partition coefficient (Wildman–Crippen LogP) is 1.16. The molecule has 10 nitrogen and oxygen atoms in total. The minimum Gasteiger partial charge on any atom is -0.478 e. The fourth-order valence-electron chi connectivity index (χ4n) is 3.85. The average Bonchev–Trinajstić information content (AvgIpc) is 2.75. The third kappa shape index (κ3) is 10.7. The van der Waals surface area contributed by atoms with Crippen molar-refractivity contribution in [3.63, 3.8) is 0 Å². The van der Waals surface area contributed by atoms with Crippen LogP contribution in [0, 0.1) is 16.7 Å². The number of aromatic carboxylic acids is 1. The topological polar surface area (TPSA) is 221 Å². The van der Waals surface area contributed by atoms with E-state index in [4.69, 9.17) is 16.6 Å². The van der Waals surface area contributed by atoms with E-state index in [-0.39, 0.29) is 52.6 Å². The van der Waals surface area contributed by atoms with Gasteiger partial charge in [0.1, 0.15) is 5.84 Å². The van der Waals surface area contributed by atoms with Crippen molar-refractivity contribution in [1.29, 1.82) is 10.8 Å². The summed E-state index contributed by atoms with van der Waals surface area (Å²) < 4.78 is 0. The zero-order chi connectivity index (χ0) is 21.5. The molecule has 198 valence electrons. The summed E-state index contributed by atoms with van der Waals surface area (Å²) in [6.45, 7) is 4.30. The SMILES string of the molecule is Cl.Cl.N=CCN1CCC(CNCc2cc(C(=O)O)cc(-c3ccc(C(=N)N)cc3)c2)CC1.O.O.O. The number of hydrogen-bond donors (Lipinski definition) is 5. The Morgan fingerprint density at radius 1 is 1.03 bits per heavy atom. The zero-order valence-corrected chi connectivity index (χ0v) is 21.0. The van der Waals surface area contributed by atoms with Crippen molar-refractivity contribution in [1.82, 2.24) is 10.2 Å². The van der Waals surface area contributed by atoms with Crippen LogP contribution < -0.4 is 11.1 Å². The van der Waals surface area contributed by atoms with Gasteiger partial charge in [-0.05, 0) is 73.3 Å². The highest BCUT2D eigenvalue weighted by Gasteiger charge is 2.18. The van der Waals surface area contributed by atoms with Crippen molar-refractivity contribution in [3.8, 4) is 11.1 Å². The Hall–Kier alpha value is -2.57. The summed E-state index contributed by atoms with van der Waals surface area (Å²) in [4.78, 5) is 13.9. The van der Waals surface area contributed by atoms with Crippen LogP contribution in [-0.4, -0.2) is 70.6 Å². The number of nitrogens with one attached hydrogen (secondary N) is 3. The van der Waals surface area contributed by atoms with Crippen molar-refractivity contribution in [2.45, 2.75) is 19.4 Å². The number of nitrogens with zero attached hydrogens (tertiary/aromatic N) is 1. The van der Waals surface area contributed by atoms with Crippen LogP contribution in [0.4, 0.5) is 0 Å². The molecule has 2 aromatic rings. The number of hydrogen-bond acceptors (Lipinski definition) is 5. The van der Waals surface area contributed by atoms with Crippen molar-refractivity contribution >= 4 is 42.8 Å². The van der Waals surface area contributed by atoms with Crippen molar-refractivity contribution in [2.24, 2.45) is 11.7 Å². The van der Waals surface area contributed by atoms with Gasteiger partial charge in [0.2, 0.25) is 0 Å². The lowest BCUT2D eigenvalue weighted by molar-refractivity contribution is 0.0696. The van der Waals surface area contributed by atoms with Gasteiger partial charge in [-0.1, -0.05) is 24.3 Å². The number of carboxylic acid groups (broad SMARTS) is 1. The number of nitrogen functional groups attached to an aromatic ring is 1. The first-order valence-corrected chi connectivity index (χ1v) is 10.2. The Labute approximate surface area is 217 Å². The molecule has 0 aromatic heterocycles. The van der Waals surface area contributed by atoms with Gasteiger partial charge in [-0.25, -0.2) is 4.79 Å². The monoisotopic (exact) mass is 533 g/mol. The first-order chi connectivity index (χ1) is 14.5. The molecule has 0 unspecified atom stereocenters. The Kier molecular flexibility index (Phi) is 18.8. The number of carbonyl (C=O) groups is 1.